The van der Waals surface area contributed by atoms with Crippen molar-refractivity contribution in [3.05, 3.63) is 0 Å². The second-order valence-electron chi connectivity index (χ2n) is 16.1. The normalized spacial score (nSPS) is 45.7. The van der Waals surface area contributed by atoms with Crippen LogP contribution in [0.1, 0.15) is 99.3 Å². The Kier molecular flexibility index (Phi) is 7.59. The highest BCUT2D eigenvalue weighted by Crippen LogP contribution is 2.87. The van der Waals surface area contributed by atoms with Gasteiger partial charge in [-0.1, -0.05) is 20.8 Å². The van der Waals surface area contributed by atoms with Gasteiger partial charge in [0.15, 0.2) is 18.2 Å². The summed E-state index contributed by atoms with van der Waals surface area (Å²) in [6.45, 7) is 11.3. The molecule has 0 amide bonds. The Morgan fingerprint density at radius 1 is 1.05 bits per heavy atom. The van der Waals surface area contributed by atoms with E-state index in [0.29, 0.717) is 30.8 Å². The fourth-order valence-electron chi connectivity index (χ4n) is 11.7. The van der Waals surface area contributed by atoms with Gasteiger partial charge in [0.05, 0.1) is 17.8 Å². The zero-order valence-corrected chi connectivity index (χ0v) is 26.6. The summed E-state index contributed by atoms with van der Waals surface area (Å²) in [6.07, 6.45) is 6.83. The smallest absolute Gasteiger partial charge is 0.303 e. The van der Waals surface area contributed by atoms with E-state index in [1.54, 1.807) is 13.8 Å². The molecule has 5 aliphatic carbocycles. The lowest BCUT2D eigenvalue weighted by Gasteiger charge is -2.59. The molecule has 0 aromatic carbocycles. The number of hydrogen-bond donors (Lipinski definition) is 1. The minimum atomic E-state index is -1.29. The summed E-state index contributed by atoms with van der Waals surface area (Å²) < 4.78 is 23.6. The zero-order valence-electron chi connectivity index (χ0n) is 26.6. The van der Waals surface area contributed by atoms with Gasteiger partial charge in [0.1, 0.15) is 19.0 Å². The van der Waals surface area contributed by atoms with E-state index in [4.69, 9.17) is 18.9 Å². The van der Waals surface area contributed by atoms with E-state index in [9.17, 15) is 24.3 Å². The van der Waals surface area contributed by atoms with Crippen LogP contribution >= 0.6 is 0 Å². The van der Waals surface area contributed by atoms with Crippen LogP contribution in [0.15, 0.2) is 0 Å². The molecule has 1 aliphatic heterocycles. The van der Waals surface area contributed by atoms with Crippen molar-refractivity contribution in [2.24, 2.45) is 45.3 Å². The van der Waals surface area contributed by atoms with Gasteiger partial charge in [-0.15, -0.1) is 0 Å². The lowest BCUT2D eigenvalue weighted by Crippen LogP contribution is -2.56. The van der Waals surface area contributed by atoms with Crippen molar-refractivity contribution in [1.82, 2.24) is 0 Å². The fraction of sp³-hybridized carbons (Fsp3) is 0.882. The molecule has 0 aromatic heterocycles. The van der Waals surface area contributed by atoms with Gasteiger partial charge in [0, 0.05) is 12.8 Å². The van der Waals surface area contributed by atoms with Gasteiger partial charge < -0.3 is 28.8 Å². The first kappa shape index (κ1) is 31.3. The molecule has 43 heavy (non-hydrogen) atoms. The standard InChI is InChI=1S/C34H50O9/c1-19(37)41-29(31(4,5)39)22-9-7-21-28(42-22)27(38)26-20-8-10-23-30(2,3)24(43-25(17-36)40-16-15-35)11-12-34(23)18-33(20,34)14-13-32(21,26)6/h15,17,20-26,28-29,39H,7-14,16,18H2,1-6H3/t20?,21?,22?,23?,24-,25?,26?,28?,29-,32?,33-,34+/m0/s1. The molecule has 9 nitrogen and oxygen atoms in total. The lowest BCUT2D eigenvalue weighted by atomic mass is 9.46. The van der Waals surface area contributed by atoms with Crippen molar-refractivity contribution < 1.29 is 43.2 Å². The number of esters is 1. The number of carbonyl (C=O) groups is 4. The second-order valence-corrected chi connectivity index (χ2v) is 16.1. The van der Waals surface area contributed by atoms with Gasteiger partial charge in [-0.3, -0.25) is 14.4 Å². The van der Waals surface area contributed by atoms with Gasteiger partial charge in [-0.2, -0.15) is 0 Å². The highest BCUT2D eigenvalue weighted by atomic mass is 16.7. The quantitative estimate of drug-likeness (QED) is 0.235. The predicted molar refractivity (Wildman–Crippen MR) is 155 cm³/mol. The maximum absolute atomic E-state index is 14.4. The maximum Gasteiger partial charge on any atom is 0.303 e. The molecule has 0 aromatic rings. The number of carbonyl (C=O) groups excluding carboxylic acids is 4. The molecule has 8 unspecified atom stereocenters. The van der Waals surface area contributed by atoms with Crippen molar-refractivity contribution in [3.8, 4) is 0 Å². The molecule has 1 saturated heterocycles. The van der Waals surface area contributed by atoms with Crippen LogP contribution in [0.2, 0.25) is 0 Å². The van der Waals surface area contributed by atoms with Crippen molar-refractivity contribution in [2.45, 2.75) is 136 Å². The summed E-state index contributed by atoms with van der Waals surface area (Å²) in [5.41, 5.74) is -1.25. The van der Waals surface area contributed by atoms with E-state index in [1.165, 1.54) is 6.92 Å². The summed E-state index contributed by atoms with van der Waals surface area (Å²) in [4.78, 5) is 48.7. The molecule has 6 aliphatic rings. The van der Waals surface area contributed by atoms with Crippen LogP contribution in [-0.2, 0) is 38.1 Å². The van der Waals surface area contributed by atoms with Gasteiger partial charge in [0.2, 0.25) is 6.29 Å². The Morgan fingerprint density at radius 3 is 2.42 bits per heavy atom. The number of rotatable bonds is 9. The Hall–Kier alpha value is -1.68. The molecule has 0 bridgehead atoms. The maximum atomic E-state index is 14.4. The van der Waals surface area contributed by atoms with Gasteiger partial charge in [0.25, 0.3) is 0 Å². The minimum Gasteiger partial charge on any atom is -0.457 e. The number of aldehydes is 2. The first-order valence-corrected chi connectivity index (χ1v) is 16.4. The van der Waals surface area contributed by atoms with Crippen LogP contribution in [0, 0.1) is 45.3 Å². The van der Waals surface area contributed by atoms with Gasteiger partial charge in [-0.05, 0) is 111 Å². The van der Waals surface area contributed by atoms with Crippen molar-refractivity contribution >= 4 is 24.3 Å². The molecule has 240 valence electrons. The van der Waals surface area contributed by atoms with Crippen molar-refractivity contribution in [3.63, 3.8) is 0 Å². The Bertz CT molecular complexity index is 1160. The molecule has 1 heterocycles. The van der Waals surface area contributed by atoms with Gasteiger partial charge in [-0.25, -0.2) is 0 Å². The number of hydrogen-bond acceptors (Lipinski definition) is 9. The van der Waals surface area contributed by atoms with Gasteiger partial charge >= 0.3 is 5.97 Å². The SMILES string of the molecule is CC(=O)O[C@@H](C1CCC2C(O1)C(=O)C1C3CCC4C(C)(C)[C@@H](OC(C=O)OCC=O)CC[C@@]45C[C@@]35CCC21C)C(C)(C)O. The summed E-state index contributed by atoms with van der Waals surface area (Å²) in [7, 11) is 0. The number of Topliss-reactive ketones (excluding diaryl/α,β-unsaturated/α-hetero) is 1. The van der Waals surface area contributed by atoms with Crippen molar-refractivity contribution in [2.75, 3.05) is 6.61 Å². The highest BCUT2D eigenvalue weighted by Gasteiger charge is 2.82. The molecule has 6 rings (SSSR count). The highest BCUT2D eigenvalue weighted by molar-refractivity contribution is 5.90. The van der Waals surface area contributed by atoms with Crippen LogP contribution in [-0.4, -0.2) is 72.3 Å². The van der Waals surface area contributed by atoms with Crippen LogP contribution in [0.4, 0.5) is 0 Å². The number of fused-ring (bicyclic) bond motifs is 4. The molecule has 2 spiro atoms. The number of ketones is 1. The van der Waals surface area contributed by atoms with E-state index in [2.05, 4.69) is 20.8 Å². The molecular formula is C34H50O9. The molecular weight excluding hydrogens is 552 g/mol. The summed E-state index contributed by atoms with van der Waals surface area (Å²) >= 11 is 0. The molecule has 6 fully saturated rings. The van der Waals surface area contributed by atoms with Crippen LogP contribution < -0.4 is 0 Å². The second kappa shape index (κ2) is 10.4. The van der Waals surface area contributed by atoms with E-state index in [0.717, 1.165) is 51.4 Å². The predicted octanol–water partition coefficient (Wildman–Crippen LogP) is 4.20. The summed E-state index contributed by atoms with van der Waals surface area (Å²) in [5, 5.41) is 10.8. The topological polar surface area (TPSA) is 125 Å². The third-order valence-electron chi connectivity index (χ3n) is 13.4. The zero-order chi connectivity index (χ0) is 31.2. The first-order chi connectivity index (χ1) is 20.2. The average molecular weight is 603 g/mol. The number of ether oxygens (including phenoxy) is 4. The van der Waals surface area contributed by atoms with Crippen LogP contribution in [0.5, 0.6) is 0 Å². The van der Waals surface area contributed by atoms with Crippen molar-refractivity contribution in [1.29, 1.82) is 0 Å². The van der Waals surface area contributed by atoms with Crippen LogP contribution in [0.3, 0.4) is 0 Å². The third kappa shape index (κ3) is 4.53. The van der Waals surface area contributed by atoms with E-state index < -0.39 is 36.2 Å². The average Bonchev–Trinajstić information content (AvgIpc) is 3.55. The molecule has 5 saturated carbocycles. The Labute approximate surface area is 255 Å². The first-order valence-electron chi connectivity index (χ1n) is 16.4. The Morgan fingerprint density at radius 2 is 1.77 bits per heavy atom. The van der Waals surface area contributed by atoms with E-state index >= 15 is 0 Å². The summed E-state index contributed by atoms with van der Waals surface area (Å²) in [6, 6.07) is 0. The largest absolute Gasteiger partial charge is 0.457 e. The molecule has 9 heteroatoms. The van der Waals surface area contributed by atoms with E-state index in [1.807, 2.05) is 0 Å². The number of aliphatic hydroxyl groups is 1. The third-order valence-corrected chi connectivity index (χ3v) is 13.4. The van der Waals surface area contributed by atoms with E-state index in [-0.39, 0.29) is 52.0 Å². The molecule has 1 N–H and O–H groups in total. The minimum absolute atomic E-state index is 0.0436. The Balaban J connectivity index is 1.22. The molecule has 12 atom stereocenters. The molecule has 0 radical (unpaired) electrons. The summed E-state index contributed by atoms with van der Waals surface area (Å²) in [5.74, 6) is 0.598. The lowest BCUT2D eigenvalue weighted by molar-refractivity contribution is -0.216. The van der Waals surface area contributed by atoms with Crippen LogP contribution in [0.25, 0.3) is 0 Å². The monoisotopic (exact) mass is 602 g/mol. The fourth-order valence-corrected chi connectivity index (χ4v) is 11.7.